The van der Waals surface area contributed by atoms with Gasteiger partial charge in [0.25, 0.3) is 0 Å². The predicted molar refractivity (Wildman–Crippen MR) is 91.2 cm³/mol. The van der Waals surface area contributed by atoms with Gasteiger partial charge in [-0.3, -0.25) is 0 Å². The van der Waals surface area contributed by atoms with E-state index in [1.807, 2.05) is 30.5 Å². The van der Waals surface area contributed by atoms with Crippen LogP contribution in [0.25, 0.3) is 0 Å². The Kier molecular flexibility index (Phi) is 4.81. The van der Waals surface area contributed by atoms with E-state index in [-0.39, 0.29) is 12.1 Å². The lowest BCUT2D eigenvalue weighted by molar-refractivity contribution is 0.240. The number of benzene rings is 1. The van der Waals surface area contributed by atoms with Gasteiger partial charge in [-0.05, 0) is 25.0 Å². The molecule has 2 atom stereocenters. The summed E-state index contributed by atoms with van der Waals surface area (Å²) in [6.07, 6.45) is 1.72. The van der Waals surface area contributed by atoms with Gasteiger partial charge in [0.05, 0.1) is 17.8 Å². The third kappa shape index (κ3) is 4.01. The van der Waals surface area contributed by atoms with Crippen LogP contribution in [0.5, 0.6) is 5.75 Å². The molecule has 3 rings (SSSR count). The van der Waals surface area contributed by atoms with Crippen LogP contribution in [0, 0.1) is 6.92 Å². The number of nitrogens with one attached hydrogen (secondary N) is 2. The molecule has 1 heterocycles. The number of urea groups is 1. The molecule has 0 radical (unpaired) electrons. The molecule has 1 saturated carbocycles. The van der Waals surface area contributed by atoms with Crippen LogP contribution < -0.4 is 15.4 Å². The fraction of sp³-hybridized carbons (Fsp3) is 0.412. The van der Waals surface area contributed by atoms with E-state index in [1.54, 1.807) is 18.4 Å². The number of amides is 2. The zero-order valence-corrected chi connectivity index (χ0v) is 14.2. The van der Waals surface area contributed by atoms with Crippen molar-refractivity contribution in [2.24, 2.45) is 0 Å². The van der Waals surface area contributed by atoms with Gasteiger partial charge in [-0.15, -0.1) is 11.3 Å². The highest BCUT2D eigenvalue weighted by Gasteiger charge is 2.41. The standard InChI is InChI=1S/C17H21N3O2S/c1-11-19-12(10-23-11)7-8-18-17(21)20-15-9-14(15)13-5-3-4-6-16(13)22-2/h3-6,10,14-15H,7-9H2,1-2H3,(H2,18,20,21). The van der Waals surface area contributed by atoms with E-state index in [0.29, 0.717) is 12.5 Å². The molecule has 1 aromatic heterocycles. The van der Waals surface area contributed by atoms with Crippen molar-refractivity contribution in [2.45, 2.75) is 31.7 Å². The average Bonchev–Trinajstić information content (AvgIpc) is 3.18. The Morgan fingerprint density at radius 3 is 3.00 bits per heavy atom. The Bertz CT molecular complexity index is 686. The quantitative estimate of drug-likeness (QED) is 0.855. The Balaban J connectivity index is 1.43. The predicted octanol–water partition coefficient (Wildman–Crippen LogP) is 2.86. The normalized spacial score (nSPS) is 19.2. The minimum atomic E-state index is -0.112. The van der Waals surface area contributed by atoms with Gasteiger partial charge in [0.2, 0.25) is 0 Å². The summed E-state index contributed by atoms with van der Waals surface area (Å²) in [5, 5.41) is 9.01. The maximum absolute atomic E-state index is 11.9. The lowest BCUT2D eigenvalue weighted by Gasteiger charge is -2.09. The monoisotopic (exact) mass is 331 g/mol. The number of nitrogens with zero attached hydrogens (tertiary/aromatic N) is 1. The first-order chi connectivity index (χ1) is 11.2. The molecule has 2 amide bonds. The van der Waals surface area contributed by atoms with E-state index in [9.17, 15) is 4.79 Å². The summed E-state index contributed by atoms with van der Waals surface area (Å²) in [5.74, 6) is 1.24. The summed E-state index contributed by atoms with van der Waals surface area (Å²) in [7, 11) is 1.68. The minimum Gasteiger partial charge on any atom is -0.496 e. The largest absolute Gasteiger partial charge is 0.496 e. The van der Waals surface area contributed by atoms with Gasteiger partial charge >= 0.3 is 6.03 Å². The van der Waals surface area contributed by atoms with Gasteiger partial charge in [-0.2, -0.15) is 0 Å². The van der Waals surface area contributed by atoms with Crippen molar-refractivity contribution < 1.29 is 9.53 Å². The second-order valence-electron chi connectivity index (χ2n) is 5.70. The molecule has 2 aromatic rings. The number of aromatic nitrogens is 1. The van der Waals surface area contributed by atoms with E-state index in [0.717, 1.165) is 29.3 Å². The van der Waals surface area contributed by atoms with Crippen molar-refractivity contribution in [3.63, 3.8) is 0 Å². The highest BCUT2D eigenvalue weighted by atomic mass is 32.1. The van der Waals surface area contributed by atoms with Crippen molar-refractivity contribution in [1.29, 1.82) is 0 Å². The third-order valence-corrected chi connectivity index (χ3v) is 4.80. The molecule has 1 aliphatic carbocycles. The van der Waals surface area contributed by atoms with Crippen LogP contribution in [0.2, 0.25) is 0 Å². The van der Waals surface area contributed by atoms with Crippen LogP contribution in [0.3, 0.4) is 0 Å². The highest BCUT2D eigenvalue weighted by Crippen LogP contribution is 2.44. The van der Waals surface area contributed by atoms with Crippen LogP contribution in [-0.4, -0.2) is 30.7 Å². The summed E-state index contributed by atoms with van der Waals surface area (Å²) in [6, 6.07) is 8.06. The van der Waals surface area contributed by atoms with Gasteiger partial charge in [-0.1, -0.05) is 18.2 Å². The molecule has 6 heteroatoms. The zero-order chi connectivity index (χ0) is 16.2. The van der Waals surface area contributed by atoms with Crippen LogP contribution >= 0.6 is 11.3 Å². The molecule has 2 unspecified atom stereocenters. The number of hydrogen-bond donors (Lipinski definition) is 2. The fourth-order valence-corrected chi connectivity index (χ4v) is 3.36. The SMILES string of the molecule is COc1ccccc1C1CC1NC(=O)NCCc1csc(C)n1. The number of carbonyl (C=O) groups excluding carboxylic acids is 1. The molecule has 2 N–H and O–H groups in total. The summed E-state index contributed by atoms with van der Waals surface area (Å²) in [6.45, 7) is 2.58. The van der Waals surface area contributed by atoms with E-state index in [1.165, 1.54) is 5.56 Å². The number of carbonyl (C=O) groups is 1. The molecule has 23 heavy (non-hydrogen) atoms. The van der Waals surface area contributed by atoms with Crippen LogP contribution in [0.4, 0.5) is 4.79 Å². The molecule has 0 aliphatic heterocycles. The third-order valence-electron chi connectivity index (χ3n) is 3.98. The van der Waals surface area contributed by atoms with Crippen molar-refractivity contribution in [1.82, 2.24) is 15.6 Å². The van der Waals surface area contributed by atoms with Gasteiger partial charge in [0.1, 0.15) is 5.75 Å². The van der Waals surface area contributed by atoms with Gasteiger partial charge in [0.15, 0.2) is 0 Å². The van der Waals surface area contributed by atoms with E-state index in [2.05, 4.69) is 21.7 Å². The first kappa shape index (κ1) is 15.8. The summed E-state index contributed by atoms with van der Waals surface area (Å²) < 4.78 is 5.38. The summed E-state index contributed by atoms with van der Waals surface area (Å²) in [4.78, 5) is 16.3. The van der Waals surface area contributed by atoms with E-state index >= 15 is 0 Å². The number of para-hydroxylation sites is 1. The van der Waals surface area contributed by atoms with Crippen LogP contribution in [0.1, 0.15) is 28.6 Å². The molecule has 1 aliphatic rings. The fourth-order valence-electron chi connectivity index (χ4n) is 2.72. The second kappa shape index (κ2) is 7.00. The Morgan fingerprint density at radius 2 is 2.26 bits per heavy atom. The molecular weight excluding hydrogens is 310 g/mol. The lowest BCUT2D eigenvalue weighted by Crippen LogP contribution is -2.38. The topological polar surface area (TPSA) is 63.2 Å². The smallest absolute Gasteiger partial charge is 0.315 e. The highest BCUT2D eigenvalue weighted by molar-refractivity contribution is 7.09. The first-order valence-corrected chi connectivity index (χ1v) is 8.63. The van der Waals surface area contributed by atoms with Crippen LogP contribution in [-0.2, 0) is 6.42 Å². The van der Waals surface area contributed by atoms with Crippen molar-refractivity contribution in [3.8, 4) is 5.75 Å². The zero-order valence-electron chi connectivity index (χ0n) is 13.3. The van der Waals surface area contributed by atoms with Crippen molar-refractivity contribution >= 4 is 17.4 Å². The summed E-state index contributed by atoms with van der Waals surface area (Å²) >= 11 is 1.63. The molecule has 1 fully saturated rings. The maximum atomic E-state index is 11.9. The Hall–Kier alpha value is -2.08. The number of rotatable bonds is 6. The number of hydrogen-bond acceptors (Lipinski definition) is 4. The molecule has 5 nitrogen and oxygen atoms in total. The van der Waals surface area contributed by atoms with Crippen molar-refractivity contribution in [3.05, 3.63) is 45.9 Å². The first-order valence-electron chi connectivity index (χ1n) is 7.75. The Morgan fingerprint density at radius 1 is 1.43 bits per heavy atom. The second-order valence-corrected chi connectivity index (χ2v) is 6.76. The van der Waals surface area contributed by atoms with Gasteiger partial charge < -0.3 is 15.4 Å². The molecule has 0 spiro atoms. The molecular formula is C17H21N3O2S. The van der Waals surface area contributed by atoms with E-state index in [4.69, 9.17) is 4.74 Å². The van der Waals surface area contributed by atoms with Gasteiger partial charge in [-0.25, -0.2) is 9.78 Å². The molecule has 0 saturated heterocycles. The molecule has 122 valence electrons. The number of aryl methyl sites for hydroxylation is 1. The molecule has 1 aromatic carbocycles. The Labute approximate surface area is 140 Å². The van der Waals surface area contributed by atoms with Crippen LogP contribution in [0.15, 0.2) is 29.6 Å². The van der Waals surface area contributed by atoms with E-state index < -0.39 is 0 Å². The number of ether oxygens (including phenoxy) is 1. The lowest BCUT2D eigenvalue weighted by atomic mass is 10.1. The number of methoxy groups -OCH3 is 1. The minimum absolute atomic E-state index is 0.112. The maximum Gasteiger partial charge on any atom is 0.315 e. The van der Waals surface area contributed by atoms with Gasteiger partial charge in [0, 0.05) is 30.3 Å². The average molecular weight is 331 g/mol. The number of thiazole rings is 1. The van der Waals surface area contributed by atoms with Crippen molar-refractivity contribution in [2.75, 3.05) is 13.7 Å². The molecule has 0 bridgehead atoms. The summed E-state index contributed by atoms with van der Waals surface area (Å²) in [5.41, 5.74) is 2.20.